The van der Waals surface area contributed by atoms with Gasteiger partial charge < -0.3 is 10.1 Å². The monoisotopic (exact) mass is 425 g/mol. The summed E-state index contributed by atoms with van der Waals surface area (Å²) in [6.07, 6.45) is 3.13. The van der Waals surface area contributed by atoms with Gasteiger partial charge in [0.1, 0.15) is 6.33 Å². The number of ether oxygens (including phenoxy) is 1. The lowest BCUT2D eigenvalue weighted by Crippen LogP contribution is -2.23. The van der Waals surface area contributed by atoms with Crippen molar-refractivity contribution in [3.8, 4) is 0 Å². The van der Waals surface area contributed by atoms with Crippen molar-refractivity contribution >= 4 is 33.8 Å². The van der Waals surface area contributed by atoms with Crippen LogP contribution in [0.15, 0.2) is 52.5 Å². The average molecular weight is 425 g/mol. The van der Waals surface area contributed by atoms with Crippen molar-refractivity contribution in [3.05, 3.63) is 63.6 Å². The fourth-order valence-corrected chi connectivity index (χ4v) is 3.82. The van der Waals surface area contributed by atoms with Gasteiger partial charge in [-0.2, -0.15) is 11.3 Å². The topological polar surface area (TPSA) is 117 Å². The number of nitrogens with one attached hydrogen (secondary N) is 1. The zero-order chi connectivity index (χ0) is 20.9. The molecule has 154 valence electrons. The second-order valence-corrected chi connectivity index (χ2v) is 7.36. The molecule has 0 saturated heterocycles. The van der Waals surface area contributed by atoms with E-state index in [9.17, 15) is 9.59 Å². The number of benzene rings is 1. The van der Waals surface area contributed by atoms with Crippen molar-refractivity contribution in [1.82, 2.24) is 29.8 Å². The van der Waals surface area contributed by atoms with Crippen LogP contribution in [-0.2, 0) is 16.1 Å². The SMILES string of the molecule is COCCn1cnc2ccc(NC(=O)CC(c3ccsc3)n3cnnn3)cc2c1=O. The van der Waals surface area contributed by atoms with Crippen molar-refractivity contribution in [3.63, 3.8) is 0 Å². The maximum atomic E-state index is 12.7. The maximum absolute atomic E-state index is 12.7. The van der Waals surface area contributed by atoms with Crippen LogP contribution in [0.1, 0.15) is 18.0 Å². The highest BCUT2D eigenvalue weighted by Crippen LogP contribution is 2.24. The summed E-state index contributed by atoms with van der Waals surface area (Å²) >= 11 is 1.54. The molecule has 1 aromatic carbocycles. The molecule has 1 amide bonds. The van der Waals surface area contributed by atoms with E-state index in [4.69, 9.17) is 4.74 Å². The lowest BCUT2D eigenvalue weighted by Gasteiger charge is -2.15. The van der Waals surface area contributed by atoms with Crippen molar-refractivity contribution in [2.24, 2.45) is 0 Å². The Hall–Kier alpha value is -3.44. The molecule has 0 aliphatic carbocycles. The number of hydrogen-bond acceptors (Lipinski definition) is 8. The lowest BCUT2D eigenvalue weighted by molar-refractivity contribution is -0.116. The van der Waals surface area contributed by atoms with E-state index in [1.807, 2.05) is 16.8 Å². The highest BCUT2D eigenvalue weighted by Gasteiger charge is 2.20. The second-order valence-electron chi connectivity index (χ2n) is 6.58. The molecule has 1 N–H and O–H groups in total. The van der Waals surface area contributed by atoms with E-state index in [0.717, 1.165) is 5.56 Å². The van der Waals surface area contributed by atoms with Gasteiger partial charge in [0.15, 0.2) is 0 Å². The van der Waals surface area contributed by atoms with Gasteiger partial charge in [-0.1, -0.05) is 0 Å². The molecule has 0 aliphatic heterocycles. The van der Waals surface area contributed by atoms with Gasteiger partial charge in [0.2, 0.25) is 5.91 Å². The van der Waals surface area contributed by atoms with Crippen molar-refractivity contribution in [2.45, 2.75) is 19.0 Å². The fraction of sp³-hybridized carbons (Fsp3) is 0.263. The van der Waals surface area contributed by atoms with Crippen molar-refractivity contribution in [2.75, 3.05) is 19.0 Å². The third kappa shape index (κ3) is 4.26. The van der Waals surface area contributed by atoms with Crippen LogP contribution in [0.4, 0.5) is 5.69 Å². The minimum absolute atomic E-state index is 0.144. The average Bonchev–Trinajstić information content (AvgIpc) is 3.46. The third-order valence-corrected chi connectivity index (χ3v) is 5.34. The molecule has 0 spiro atoms. The number of tetrazole rings is 1. The summed E-state index contributed by atoms with van der Waals surface area (Å²) in [4.78, 5) is 29.7. The molecule has 0 aliphatic rings. The molecule has 3 heterocycles. The van der Waals surface area contributed by atoms with Gasteiger partial charge in [0, 0.05) is 12.8 Å². The minimum Gasteiger partial charge on any atom is -0.383 e. The third-order valence-electron chi connectivity index (χ3n) is 4.63. The number of nitrogens with zero attached hydrogens (tertiary/aromatic N) is 6. The minimum atomic E-state index is -0.320. The van der Waals surface area contributed by atoms with Gasteiger partial charge >= 0.3 is 0 Å². The molecule has 0 bridgehead atoms. The molecular weight excluding hydrogens is 406 g/mol. The molecule has 4 rings (SSSR count). The van der Waals surface area contributed by atoms with Crippen LogP contribution in [0.2, 0.25) is 0 Å². The molecule has 0 fully saturated rings. The van der Waals surface area contributed by atoms with E-state index in [-0.39, 0.29) is 23.9 Å². The summed E-state index contributed by atoms with van der Waals surface area (Å²) in [5.41, 5.74) is 1.86. The molecule has 1 atom stereocenters. The first-order chi connectivity index (χ1) is 14.7. The van der Waals surface area contributed by atoms with Crippen LogP contribution in [0.5, 0.6) is 0 Å². The predicted octanol–water partition coefficient (Wildman–Crippen LogP) is 1.71. The first kappa shape index (κ1) is 19.9. The van der Waals surface area contributed by atoms with Crippen LogP contribution in [0, 0.1) is 0 Å². The molecule has 3 aromatic heterocycles. The first-order valence-electron chi connectivity index (χ1n) is 9.18. The fourth-order valence-electron chi connectivity index (χ4n) is 3.11. The molecular formula is C19H19N7O3S. The Kier molecular flexibility index (Phi) is 5.91. The van der Waals surface area contributed by atoms with Gasteiger partial charge in [-0.05, 0) is 51.0 Å². The first-order valence-corrected chi connectivity index (χ1v) is 10.1. The maximum Gasteiger partial charge on any atom is 0.261 e. The Morgan fingerprint density at radius 2 is 2.20 bits per heavy atom. The van der Waals surface area contributed by atoms with Crippen molar-refractivity contribution in [1.29, 1.82) is 0 Å². The number of methoxy groups -OCH3 is 1. The molecule has 4 aromatic rings. The molecule has 0 saturated carbocycles. The second kappa shape index (κ2) is 8.93. The molecule has 0 radical (unpaired) electrons. The molecule has 1 unspecified atom stereocenters. The van der Waals surface area contributed by atoms with E-state index in [0.29, 0.717) is 29.7 Å². The number of carbonyl (C=O) groups is 1. The predicted molar refractivity (Wildman–Crippen MR) is 111 cm³/mol. The molecule has 11 heteroatoms. The summed E-state index contributed by atoms with van der Waals surface area (Å²) in [6, 6.07) is 6.70. The number of hydrogen-bond donors (Lipinski definition) is 1. The quantitative estimate of drug-likeness (QED) is 0.457. The Bertz CT molecular complexity index is 1150. The number of fused-ring (bicyclic) bond motifs is 1. The Balaban J connectivity index is 1.55. The highest BCUT2D eigenvalue weighted by molar-refractivity contribution is 7.08. The van der Waals surface area contributed by atoms with E-state index >= 15 is 0 Å². The van der Waals surface area contributed by atoms with Crippen LogP contribution in [0.25, 0.3) is 10.9 Å². The number of anilines is 1. The van der Waals surface area contributed by atoms with Gasteiger partial charge in [0.25, 0.3) is 5.56 Å². The smallest absolute Gasteiger partial charge is 0.261 e. The van der Waals surface area contributed by atoms with Crippen LogP contribution >= 0.6 is 11.3 Å². The van der Waals surface area contributed by atoms with Crippen LogP contribution in [-0.4, -0.2) is 49.4 Å². The Labute approximate surface area is 175 Å². The zero-order valence-corrected chi connectivity index (χ0v) is 17.0. The molecule has 10 nitrogen and oxygen atoms in total. The van der Waals surface area contributed by atoms with E-state index < -0.39 is 0 Å². The number of rotatable bonds is 8. The van der Waals surface area contributed by atoms with E-state index in [1.54, 1.807) is 30.0 Å². The summed E-state index contributed by atoms with van der Waals surface area (Å²) < 4.78 is 8.07. The van der Waals surface area contributed by atoms with Gasteiger partial charge in [-0.25, -0.2) is 9.67 Å². The Morgan fingerprint density at radius 3 is 2.93 bits per heavy atom. The van der Waals surface area contributed by atoms with Gasteiger partial charge in [-0.15, -0.1) is 5.10 Å². The van der Waals surface area contributed by atoms with Crippen molar-refractivity contribution < 1.29 is 9.53 Å². The van der Waals surface area contributed by atoms with Crippen LogP contribution < -0.4 is 10.9 Å². The van der Waals surface area contributed by atoms with Gasteiger partial charge in [0.05, 0.1) is 42.8 Å². The van der Waals surface area contributed by atoms with Gasteiger partial charge in [-0.3, -0.25) is 14.2 Å². The van der Waals surface area contributed by atoms with Crippen LogP contribution in [0.3, 0.4) is 0 Å². The standard InChI is InChI=1S/C19H19N7O3S/c1-29-6-5-25-11-20-16-3-2-14(8-15(16)19(25)28)22-18(27)9-17(13-4-7-30-10-13)26-12-21-23-24-26/h2-4,7-8,10-12,17H,5-6,9H2,1H3,(H,22,27). The highest BCUT2D eigenvalue weighted by atomic mass is 32.1. The summed E-state index contributed by atoms with van der Waals surface area (Å²) in [6.45, 7) is 0.813. The summed E-state index contributed by atoms with van der Waals surface area (Å²) in [5.74, 6) is -0.218. The summed E-state index contributed by atoms with van der Waals surface area (Å²) in [5, 5.41) is 18.5. The molecule has 30 heavy (non-hydrogen) atoms. The lowest BCUT2D eigenvalue weighted by atomic mass is 10.1. The van der Waals surface area contributed by atoms with E-state index in [1.165, 1.54) is 28.6 Å². The number of carbonyl (C=O) groups excluding carboxylic acids is 1. The van der Waals surface area contributed by atoms with E-state index in [2.05, 4.69) is 25.8 Å². The zero-order valence-electron chi connectivity index (χ0n) is 16.1. The number of amides is 1. The normalized spacial score (nSPS) is 12.2. The Morgan fingerprint density at radius 1 is 1.30 bits per heavy atom. The largest absolute Gasteiger partial charge is 0.383 e. The summed E-state index contributed by atoms with van der Waals surface area (Å²) in [7, 11) is 1.58. The number of thiophene rings is 1. The number of aromatic nitrogens is 6.